The molecule has 172 valence electrons. The standard InChI is InChI=1S/C29H32O4/c1-19(17-30)18-33-26-9-8-24(5-2-20-3-6-25(7-4-20)28(31)32)27(13-26)29-14-21-10-22(15-29)12-23(11-21)16-29/h3-4,6-9,13,19,21-23,30H,10-12,14-18H2,1H3,(H,31,32). The molecule has 4 nitrogen and oxygen atoms in total. The van der Waals surface area contributed by atoms with E-state index in [9.17, 15) is 9.90 Å². The van der Waals surface area contributed by atoms with Crippen LogP contribution in [0.3, 0.4) is 0 Å². The summed E-state index contributed by atoms with van der Waals surface area (Å²) in [5.41, 5.74) is 3.66. The maximum Gasteiger partial charge on any atom is 0.335 e. The van der Waals surface area contributed by atoms with Crippen LogP contribution in [-0.4, -0.2) is 29.4 Å². The van der Waals surface area contributed by atoms with Crippen molar-refractivity contribution >= 4 is 5.97 Å². The average Bonchev–Trinajstić information content (AvgIpc) is 2.80. The third-order valence-corrected chi connectivity index (χ3v) is 7.92. The Hall–Kier alpha value is -2.77. The van der Waals surface area contributed by atoms with Gasteiger partial charge in [-0.2, -0.15) is 0 Å². The predicted molar refractivity (Wildman–Crippen MR) is 127 cm³/mol. The molecule has 2 aromatic rings. The number of aliphatic hydroxyl groups is 1. The largest absolute Gasteiger partial charge is 0.493 e. The number of carboxylic acid groups (broad SMARTS) is 1. The molecule has 2 aromatic carbocycles. The highest BCUT2D eigenvalue weighted by atomic mass is 16.5. The maximum atomic E-state index is 11.1. The Bertz CT molecular complexity index is 1050. The molecule has 4 fully saturated rings. The highest BCUT2D eigenvalue weighted by Crippen LogP contribution is 2.61. The molecule has 0 aromatic heterocycles. The molecule has 2 N–H and O–H groups in total. The van der Waals surface area contributed by atoms with E-state index >= 15 is 0 Å². The fourth-order valence-electron chi connectivity index (χ4n) is 6.73. The molecule has 4 bridgehead atoms. The van der Waals surface area contributed by atoms with E-state index in [0.717, 1.165) is 34.6 Å². The Morgan fingerprint density at radius 3 is 2.24 bits per heavy atom. The number of aromatic carboxylic acids is 1. The van der Waals surface area contributed by atoms with Crippen LogP contribution >= 0.6 is 0 Å². The molecule has 0 saturated heterocycles. The zero-order valence-corrected chi connectivity index (χ0v) is 19.2. The number of hydrogen-bond acceptors (Lipinski definition) is 3. The summed E-state index contributed by atoms with van der Waals surface area (Å²) in [6, 6.07) is 13.0. The Kier molecular flexibility index (Phi) is 5.93. The summed E-state index contributed by atoms with van der Waals surface area (Å²) in [4.78, 5) is 11.1. The van der Waals surface area contributed by atoms with Crippen LogP contribution < -0.4 is 4.74 Å². The van der Waals surface area contributed by atoms with Crippen molar-refractivity contribution in [3.8, 4) is 17.6 Å². The van der Waals surface area contributed by atoms with E-state index in [1.165, 1.54) is 44.1 Å². The van der Waals surface area contributed by atoms with Gasteiger partial charge in [-0.05, 0) is 110 Å². The second-order valence-corrected chi connectivity index (χ2v) is 10.6. The third kappa shape index (κ3) is 4.52. The molecule has 0 spiro atoms. The van der Waals surface area contributed by atoms with Crippen LogP contribution in [0, 0.1) is 35.5 Å². The van der Waals surface area contributed by atoms with Crippen LogP contribution in [-0.2, 0) is 5.41 Å². The zero-order valence-electron chi connectivity index (χ0n) is 19.2. The third-order valence-electron chi connectivity index (χ3n) is 7.92. The number of ether oxygens (including phenoxy) is 1. The first-order valence-corrected chi connectivity index (χ1v) is 12.2. The summed E-state index contributed by atoms with van der Waals surface area (Å²) < 4.78 is 6.05. The number of hydrogen-bond donors (Lipinski definition) is 2. The van der Waals surface area contributed by atoms with Crippen molar-refractivity contribution in [1.82, 2.24) is 0 Å². The first kappa shape index (κ1) is 22.0. The van der Waals surface area contributed by atoms with Crippen LogP contribution in [0.1, 0.15) is 72.5 Å². The second kappa shape index (κ2) is 8.88. The van der Waals surface area contributed by atoms with Gasteiger partial charge < -0.3 is 14.9 Å². The fraction of sp³-hybridized carbons (Fsp3) is 0.483. The van der Waals surface area contributed by atoms with Crippen LogP contribution in [0.4, 0.5) is 0 Å². The fourth-order valence-corrected chi connectivity index (χ4v) is 6.73. The Balaban J connectivity index is 1.49. The molecule has 0 heterocycles. The van der Waals surface area contributed by atoms with Gasteiger partial charge in [-0.3, -0.25) is 0 Å². The average molecular weight is 445 g/mol. The van der Waals surface area contributed by atoms with Crippen LogP contribution in [0.25, 0.3) is 0 Å². The lowest BCUT2D eigenvalue weighted by Gasteiger charge is -2.57. The monoisotopic (exact) mass is 444 g/mol. The van der Waals surface area contributed by atoms with E-state index in [4.69, 9.17) is 9.84 Å². The molecular weight excluding hydrogens is 412 g/mol. The molecular formula is C29H32O4. The van der Waals surface area contributed by atoms with Crippen molar-refractivity contribution in [3.63, 3.8) is 0 Å². The summed E-state index contributed by atoms with van der Waals surface area (Å²) in [5.74, 6) is 9.20. The Morgan fingerprint density at radius 2 is 1.67 bits per heavy atom. The molecule has 1 atom stereocenters. The van der Waals surface area contributed by atoms with Crippen molar-refractivity contribution < 1.29 is 19.7 Å². The molecule has 6 rings (SSSR count). The van der Waals surface area contributed by atoms with Crippen LogP contribution in [0.15, 0.2) is 42.5 Å². The molecule has 33 heavy (non-hydrogen) atoms. The van der Waals surface area contributed by atoms with Crippen molar-refractivity contribution in [2.45, 2.75) is 50.9 Å². The minimum Gasteiger partial charge on any atom is -0.493 e. The normalized spacial score (nSPS) is 28.1. The van der Waals surface area contributed by atoms with Gasteiger partial charge in [0, 0.05) is 23.7 Å². The van der Waals surface area contributed by atoms with E-state index in [1.54, 1.807) is 24.3 Å². The van der Waals surface area contributed by atoms with Gasteiger partial charge in [0.1, 0.15) is 5.75 Å². The minimum atomic E-state index is -0.926. The lowest BCUT2D eigenvalue weighted by molar-refractivity contribution is -0.00541. The first-order valence-electron chi connectivity index (χ1n) is 12.2. The number of aliphatic hydroxyl groups excluding tert-OH is 1. The number of carboxylic acids is 1. The molecule has 0 radical (unpaired) electrons. The van der Waals surface area contributed by atoms with Crippen molar-refractivity contribution in [2.75, 3.05) is 13.2 Å². The summed E-state index contributed by atoms with van der Waals surface area (Å²) in [7, 11) is 0. The van der Waals surface area contributed by atoms with E-state index in [1.807, 2.05) is 13.0 Å². The summed E-state index contributed by atoms with van der Waals surface area (Å²) in [5, 5.41) is 18.5. The van der Waals surface area contributed by atoms with Gasteiger partial charge in [0.05, 0.1) is 12.2 Å². The topological polar surface area (TPSA) is 66.8 Å². The molecule has 4 aliphatic rings. The van der Waals surface area contributed by atoms with Gasteiger partial charge >= 0.3 is 5.97 Å². The maximum absolute atomic E-state index is 11.1. The Morgan fingerprint density at radius 1 is 1.03 bits per heavy atom. The van der Waals surface area contributed by atoms with E-state index in [-0.39, 0.29) is 23.5 Å². The molecule has 0 aliphatic heterocycles. The van der Waals surface area contributed by atoms with E-state index < -0.39 is 5.97 Å². The summed E-state index contributed by atoms with van der Waals surface area (Å²) in [6.07, 6.45) is 7.91. The molecule has 4 heteroatoms. The van der Waals surface area contributed by atoms with E-state index in [0.29, 0.717) is 6.61 Å². The van der Waals surface area contributed by atoms with E-state index in [2.05, 4.69) is 24.0 Å². The minimum absolute atomic E-state index is 0.0984. The molecule has 4 saturated carbocycles. The van der Waals surface area contributed by atoms with Crippen molar-refractivity contribution in [2.24, 2.45) is 23.7 Å². The van der Waals surface area contributed by atoms with Gasteiger partial charge in [0.2, 0.25) is 0 Å². The number of benzene rings is 2. The zero-order chi connectivity index (χ0) is 23.0. The van der Waals surface area contributed by atoms with Gasteiger partial charge in [0.25, 0.3) is 0 Å². The predicted octanol–water partition coefficient (Wildman–Crippen LogP) is 5.26. The second-order valence-electron chi connectivity index (χ2n) is 10.6. The lowest BCUT2D eigenvalue weighted by atomic mass is 9.47. The quantitative estimate of drug-likeness (QED) is 0.597. The molecule has 1 unspecified atom stereocenters. The van der Waals surface area contributed by atoms with Gasteiger partial charge in [0.15, 0.2) is 0 Å². The van der Waals surface area contributed by atoms with Gasteiger partial charge in [-0.25, -0.2) is 4.79 Å². The highest BCUT2D eigenvalue weighted by Gasteiger charge is 2.52. The van der Waals surface area contributed by atoms with Crippen LogP contribution in [0.5, 0.6) is 5.75 Å². The highest BCUT2D eigenvalue weighted by molar-refractivity contribution is 5.87. The summed E-state index contributed by atoms with van der Waals surface area (Å²) in [6.45, 7) is 2.60. The van der Waals surface area contributed by atoms with Gasteiger partial charge in [-0.1, -0.05) is 18.8 Å². The SMILES string of the molecule is CC(CO)COc1ccc(C#Cc2ccc(C(=O)O)cc2)c(C23CC4CC(CC(C4)C2)C3)c1. The van der Waals surface area contributed by atoms with Gasteiger partial charge in [-0.15, -0.1) is 0 Å². The van der Waals surface area contributed by atoms with Crippen LogP contribution in [0.2, 0.25) is 0 Å². The number of carbonyl (C=O) groups is 1. The number of rotatable bonds is 6. The molecule has 0 amide bonds. The van der Waals surface area contributed by atoms with Crippen molar-refractivity contribution in [1.29, 1.82) is 0 Å². The smallest absolute Gasteiger partial charge is 0.335 e. The van der Waals surface area contributed by atoms with Crippen molar-refractivity contribution in [3.05, 3.63) is 64.7 Å². The first-order chi connectivity index (χ1) is 15.9. The lowest BCUT2D eigenvalue weighted by Crippen LogP contribution is -2.48. The Labute approximate surface area is 196 Å². The molecule has 4 aliphatic carbocycles. The summed E-state index contributed by atoms with van der Waals surface area (Å²) >= 11 is 0.